The summed E-state index contributed by atoms with van der Waals surface area (Å²) in [7, 11) is 0.980. The van der Waals surface area contributed by atoms with Crippen LogP contribution in [-0.4, -0.2) is 13.9 Å². The molecule has 1 aromatic rings. The third kappa shape index (κ3) is 5.69. The van der Waals surface area contributed by atoms with Crippen molar-refractivity contribution in [2.24, 2.45) is 0 Å². The minimum Gasteiger partial charge on any atom is -0.500 e. The summed E-state index contributed by atoms with van der Waals surface area (Å²) in [6.07, 6.45) is 5.76. The zero-order valence-electron chi connectivity index (χ0n) is 12.3. The summed E-state index contributed by atoms with van der Waals surface area (Å²) in [5, 5.41) is 0.941. The highest BCUT2D eigenvalue weighted by atomic mass is 16.5. The van der Waals surface area contributed by atoms with Crippen LogP contribution < -0.4 is 10.6 Å². The lowest BCUT2D eigenvalue weighted by Crippen LogP contribution is -2.16. The summed E-state index contributed by atoms with van der Waals surface area (Å²) in [5.74, 6) is 1.82. The Hall–Kier alpha value is -1.64. The molecular weight excluding hydrogens is 235 g/mol. The number of allylic oxidation sites excluding steroid dienone is 3. The molecule has 0 aliphatic rings. The van der Waals surface area contributed by atoms with Crippen LogP contribution in [0.25, 0.3) is 12.7 Å². The molecular formula is C16H23BO2. The normalized spacial score (nSPS) is 11.2. The fourth-order valence-electron chi connectivity index (χ4n) is 1.74. The topological polar surface area (TPSA) is 22.4 Å². The van der Waals surface area contributed by atoms with Gasteiger partial charge in [-0.15, -0.1) is 0 Å². The highest BCUT2D eigenvalue weighted by Gasteiger charge is 2.02. The van der Waals surface area contributed by atoms with Crippen molar-refractivity contribution in [1.29, 1.82) is 0 Å². The van der Waals surface area contributed by atoms with E-state index in [2.05, 4.69) is 27.0 Å². The highest BCUT2D eigenvalue weighted by Crippen LogP contribution is 2.02. The second-order valence-electron chi connectivity index (χ2n) is 4.84. The van der Waals surface area contributed by atoms with Crippen molar-refractivity contribution in [2.45, 2.75) is 33.4 Å². The summed E-state index contributed by atoms with van der Waals surface area (Å²) < 4.78 is 11.1. The van der Waals surface area contributed by atoms with Gasteiger partial charge in [0, 0.05) is 5.22 Å². The molecule has 0 saturated carbocycles. The molecule has 0 unspecified atom stereocenters. The Labute approximate surface area is 116 Å². The molecule has 102 valence electrons. The maximum Gasteiger partial charge on any atom is 0.138 e. The van der Waals surface area contributed by atoms with Gasteiger partial charge in [-0.2, -0.15) is 0 Å². The number of ether oxygens (including phenoxy) is 1. The Morgan fingerprint density at radius 1 is 1.47 bits per heavy atom. The predicted molar refractivity (Wildman–Crippen MR) is 83.8 cm³/mol. The van der Waals surface area contributed by atoms with Crippen molar-refractivity contribution < 1.29 is 9.15 Å². The van der Waals surface area contributed by atoms with Crippen LogP contribution in [0, 0.1) is 0 Å². The molecule has 0 aromatic carbocycles. The van der Waals surface area contributed by atoms with Crippen LogP contribution in [0.15, 0.2) is 34.5 Å². The van der Waals surface area contributed by atoms with Crippen LogP contribution in [0.5, 0.6) is 0 Å². The Balaban J connectivity index is 2.60. The van der Waals surface area contributed by atoms with Crippen molar-refractivity contribution in [2.75, 3.05) is 6.61 Å². The number of hydrogen-bond acceptors (Lipinski definition) is 2. The quantitative estimate of drug-likeness (QED) is 0.553. The van der Waals surface area contributed by atoms with Gasteiger partial charge in [0.25, 0.3) is 0 Å². The van der Waals surface area contributed by atoms with E-state index in [1.807, 2.05) is 25.1 Å². The summed E-state index contributed by atoms with van der Waals surface area (Å²) >= 11 is 0. The minimum atomic E-state index is 0.685. The van der Waals surface area contributed by atoms with Gasteiger partial charge in [0.1, 0.15) is 12.7 Å². The van der Waals surface area contributed by atoms with E-state index in [0.717, 1.165) is 42.1 Å². The van der Waals surface area contributed by atoms with Crippen LogP contribution >= 0.6 is 0 Å². The third-order valence-corrected chi connectivity index (χ3v) is 2.69. The first kappa shape index (κ1) is 15.4. The summed E-state index contributed by atoms with van der Waals surface area (Å²) in [6, 6.07) is 2.01. The molecule has 0 saturated heterocycles. The van der Waals surface area contributed by atoms with Crippen LogP contribution in [0.1, 0.15) is 26.5 Å². The number of rotatable bonds is 7. The molecule has 3 heteroatoms. The molecule has 0 aliphatic heterocycles. The van der Waals surface area contributed by atoms with Crippen LogP contribution in [-0.2, 0) is 11.1 Å². The van der Waals surface area contributed by atoms with E-state index in [-0.39, 0.29) is 0 Å². The first-order valence-corrected chi connectivity index (χ1v) is 6.76. The lowest BCUT2D eigenvalue weighted by molar-refractivity contribution is 0.233. The zero-order chi connectivity index (χ0) is 14.3. The van der Waals surface area contributed by atoms with Crippen molar-refractivity contribution in [3.63, 3.8) is 0 Å². The molecule has 0 radical (unpaired) electrons. The molecule has 0 spiro atoms. The van der Waals surface area contributed by atoms with Gasteiger partial charge < -0.3 is 9.15 Å². The fraction of sp³-hybridized carbons (Fsp3) is 0.375. The molecule has 1 heterocycles. The molecule has 2 nitrogen and oxygen atoms in total. The van der Waals surface area contributed by atoms with E-state index >= 15 is 0 Å². The maximum absolute atomic E-state index is 5.77. The van der Waals surface area contributed by atoms with E-state index in [1.165, 1.54) is 5.57 Å². The largest absolute Gasteiger partial charge is 0.500 e. The Morgan fingerprint density at radius 3 is 2.84 bits per heavy atom. The molecule has 0 atom stereocenters. The van der Waals surface area contributed by atoms with Crippen molar-refractivity contribution in [1.82, 2.24) is 0 Å². The first-order chi connectivity index (χ1) is 9.02. The van der Waals surface area contributed by atoms with E-state index in [4.69, 9.17) is 9.15 Å². The van der Waals surface area contributed by atoms with E-state index in [0.29, 0.717) is 6.61 Å². The molecule has 0 fully saturated rings. The molecule has 1 aromatic heterocycles. The van der Waals surface area contributed by atoms with E-state index in [9.17, 15) is 0 Å². The average Bonchev–Trinajstić information content (AvgIpc) is 2.67. The minimum absolute atomic E-state index is 0.685. The summed E-state index contributed by atoms with van der Waals surface area (Å²) in [4.78, 5) is 0. The molecule has 0 N–H and O–H groups in total. The first-order valence-electron chi connectivity index (χ1n) is 6.76. The fourth-order valence-corrected chi connectivity index (χ4v) is 1.74. The zero-order valence-corrected chi connectivity index (χ0v) is 12.3. The summed E-state index contributed by atoms with van der Waals surface area (Å²) in [6.45, 7) is 14.6. The highest BCUT2D eigenvalue weighted by molar-refractivity contribution is 6.35. The van der Waals surface area contributed by atoms with Gasteiger partial charge in [0.15, 0.2) is 0 Å². The number of furan rings is 1. The van der Waals surface area contributed by atoms with Crippen molar-refractivity contribution in [3.8, 4) is 0 Å². The molecule has 1 rings (SSSR count). The summed E-state index contributed by atoms with van der Waals surface area (Å²) in [5.41, 5.74) is 2.09. The average molecular weight is 258 g/mol. The lowest BCUT2D eigenvalue weighted by Gasteiger charge is -2.04. The lowest BCUT2D eigenvalue weighted by atomic mass is 9.70. The van der Waals surface area contributed by atoms with Gasteiger partial charge in [-0.1, -0.05) is 24.8 Å². The third-order valence-electron chi connectivity index (χ3n) is 2.69. The van der Waals surface area contributed by atoms with Gasteiger partial charge in [0.05, 0.1) is 18.1 Å². The van der Waals surface area contributed by atoms with Crippen LogP contribution in [0.3, 0.4) is 0 Å². The van der Waals surface area contributed by atoms with Crippen LogP contribution in [0.4, 0.5) is 0 Å². The standard InChI is InChI=1S/C16H23BO2/c1-6-18-14(5)10-17-11-15-9-13(4)16(19-15)8-7-12(2)3/h7-9,17H,4-6,10-11H2,1-3H3/b16-8+. The predicted octanol–water partition coefficient (Wildman–Crippen LogP) is 2.34. The van der Waals surface area contributed by atoms with Gasteiger partial charge in [-0.25, -0.2) is 0 Å². The smallest absolute Gasteiger partial charge is 0.138 e. The molecule has 0 bridgehead atoms. The van der Waals surface area contributed by atoms with Crippen molar-refractivity contribution >= 4 is 19.9 Å². The molecule has 19 heavy (non-hydrogen) atoms. The van der Waals surface area contributed by atoms with E-state index in [1.54, 1.807) is 0 Å². The maximum atomic E-state index is 5.77. The monoisotopic (exact) mass is 258 g/mol. The Kier molecular flexibility index (Phi) is 6.27. The SMILES string of the molecule is C=C(CBCc1cc(=C)/c(=C\C=C(C)C)o1)OCC. The van der Waals surface area contributed by atoms with Gasteiger partial charge >= 0.3 is 0 Å². The number of hydrogen-bond donors (Lipinski definition) is 0. The molecule has 0 amide bonds. The van der Waals surface area contributed by atoms with Gasteiger partial charge in [-0.05, 0) is 45.6 Å². The molecule has 0 aliphatic carbocycles. The van der Waals surface area contributed by atoms with E-state index < -0.39 is 0 Å². The Morgan fingerprint density at radius 2 is 2.21 bits per heavy atom. The van der Waals surface area contributed by atoms with Gasteiger partial charge in [-0.3, -0.25) is 0 Å². The second kappa shape index (κ2) is 7.72. The second-order valence-corrected chi connectivity index (χ2v) is 4.84. The van der Waals surface area contributed by atoms with Crippen LogP contribution in [0.2, 0.25) is 6.32 Å². The Bertz CT molecular complexity index is 548. The van der Waals surface area contributed by atoms with Gasteiger partial charge in [0.2, 0.25) is 0 Å². The van der Waals surface area contributed by atoms with Crippen molar-refractivity contribution in [3.05, 3.63) is 46.4 Å².